The first-order chi connectivity index (χ1) is 19.0. The van der Waals surface area contributed by atoms with Gasteiger partial charge in [-0.3, -0.25) is 9.69 Å². The monoisotopic (exact) mass is 534 g/mol. The molecule has 3 unspecified atom stereocenters. The van der Waals surface area contributed by atoms with E-state index in [0.29, 0.717) is 17.8 Å². The number of piperidine rings is 1. The molecule has 212 valence electrons. The average Bonchev–Trinajstić information content (AvgIpc) is 3.35. The Morgan fingerprint density at radius 2 is 1.74 bits per heavy atom. The van der Waals surface area contributed by atoms with Gasteiger partial charge in [0.05, 0.1) is 0 Å². The molecule has 2 aromatic carbocycles. The van der Waals surface area contributed by atoms with Gasteiger partial charge in [0.1, 0.15) is 11.9 Å². The maximum absolute atomic E-state index is 13.9. The fourth-order valence-electron chi connectivity index (χ4n) is 7.68. The number of rotatable bonds is 10. The number of carboxylic acids is 1. The predicted molar refractivity (Wildman–Crippen MR) is 155 cm³/mol. The van der Waals surface area contributed by atoms with Gasteiger partial charge >= 0.3 is 5.97 Å². The minimum atomic E-state index is -0.622. The summed E-state index contributed by atoms with van der Waals surface area (Å²) in [6.45, 7) is 6.89. The summed E-state index contributed by atoms with van der Waals surface area (Å²) in [5.41, 5.74) is 3.19. The summed E-state index contributed by atoms with van der Waals surface area (Å²) in [5, 5.41) is 10.3. The van der Waals surface area contributed by atoms with Crippen LogP contribution in [0.15, 0.2) is 48.5 Å². The summed E-state index contributed by atoms with van der Waals surface area (Å²) in [6, 6.07) is 16.1. The van der Waals surface area contributed by atoms with Crippen molar-refractivity contribution >= 4 is 5.97 Å². The number of hydrogen-bond donors (Lipinski definition) is 1. The second-order valence-corrected chi connectivity index (χ2v) is 12.6. The highest BCUT2D eigenvalue weighted by molar-refractivity contribution is 5.74. The zero-order valence-electron chi connectivity index (χ0n) is 23.7. The molecule has 0 spiro atoms. The lowest BCUT2D eigenvalue weighted by molar-refractivity contribution is -0.145. The maximum atomic E-state index is 13.9. The molecule has 0 amide bonds. The van der Waals surface area contributed by atoms with Gasteiger partial charge in [-0.2, -0.15) is 0 Å². The molecule has 0 bridgehead atoms. The summed E-state index contributed by atoms with van der Waals surface area (Å²) in [5.74, 6) is 1.19. The average molecular weight is 535 g/mol. The Morgan fingerprint density at radius 3 is 2.44 bits per heavy atom. The van der Waals surface area contributed by atoms with Gasteiger partial charge in [-0.25, -0.2) is 4.39 Å². The second-order valence-electron chi connectivity index (χ2n) is 12.6. The molecular weight excluding hydrogens is 487 g/mol. The van der Waals surface area contributed by atoms with Crippen LogP contribution < -0.4 is 0 Å². The van der Waals surface area contributed by atoms with Gasteiger partial charge in [0, 0.05) is 25.6 Å². The van der Waals surface area contributed by atoms with E-state index in [1.165, 1.54) is 44.1 Å². The summed E-state index contributed by atoms with van der Waals surface area (Å²) in [7, 11) is 0. The van der Waals surface area contributed by atoms with Crippen LogP contribution in [0.4, 0.5) is 4.39 Å². The maximum Gasteiger partial charge on any atom is 0.321 e. The van der Waals surface area contributed by atoms with Crippen LogP contribution in [-0.2, 0) is 11.2 Å². The normalized spacial score (nSPS) is 24.7. The highest BCUT2D eigenvalue weighted by Gasteiger charge is 2.43. The summed E-state index contributed by atoms with van der Waals surface area (Å²) < 4.78 is 13.9. The van der Waals surface area contributed by atoms with E-state index in [1.807, 2.05) is 13.0 Å². The van der Waals surface area contributed by atoms with E-state index >= 15 is 0 Å². The van der Waals surface area contributed by atoms with Crippen molar-refractivity contribution in [2.24, 2.45) is 17.8 Å². The fraction of sp³-hybridized carbons (Fsp3) is 0.618. The van der Waals surface area contributed by atoms with Crippen molar-refractivity contribution in [1.82, 2.24) is 9.80 Å². The van der Waals surface area contributed by atoms with Crippen LogP contribution in [0.25, 0.3) is 0 Å². The molecular formula is C34H47FN2O2. The Bertz CT molecular complexity index is 1060. The van der Waals surface area contributed by atoms with Gasteiger partial charge in [-0.05, 0) is 99.0 Å². The molecule has 3 atom stereocenters. The highest BCUT2D eigenvalue weighted by atomic mass is 19.1. The molecule has 0 aromatic heterocycles. The minimum absolute atomic E-state index is 0.0893. The Kier molecular flexibility index (Phi) is 9.73. The number of benzene rings is 2. The lowest BCUT2D eigenvalue weighted by Crippen LogP contribution is -2.46. The molecule has 1 N–H and O–H groups in total. The van der Waals surface area contributed by atoms with E-state index in [-0.39, 0.29) is 11.9 Å². The molecule has 39 heavy (non-hydrogen) atoms. The van der Waals surface area contributed by atoms with Crippen LogP contribution in [0.5, 0.6) is 0 Å². The molecule has 2 aromatic rings. The van der Waals surface area contributed by atoms with Crippen molar-refractivity contribution in [3.05, 3.63) is 71.0 Å². The van der Waals surface area contributed by atoms with Crippen molar-refractivity contribution in [1.29, 1.82) is 0 Å². The largest absolute Gasteiger partial charge is 0.480 e. The van der Waals surface area contributed by atoms with Crippen molar-refractivity contribution in [2.45, 2.75) is 83.1 Å². The van der Waals surface area contributed by atoms with E-state index in [4.69, 9.17) is 0 Å². The van der Waals surface area contributed by atoms with E-state index in [0.717, 1.165) is 75.5 Å². The summed E-state index contributed by atoms with van der Waals surface area (Å²) in [4.78, 5) is 17.5. The number of aryl methyl sites for hydroxylation is 2. The Labute approximate surface area is 234 Å². The molecule has 0 radical (unpaired) electrons. The van der Waals surface area contributed by atoms with Crippen LogP contribution in [0.3, 0.4) is 0 Å². The number of carboxylic acid groups (broad SMARTS) is 1. The molecule has 2 aliphatic heterocycles. The standard InChI is InChI=1S/C34H47FN2O2/c1-25-15-16-27(21-32(25)35)10-8-9-26-17-19-36(20-18-26)22-30-23-37(24-31(30)28-11-4-2-5-12-28)33(34(38)39)29-13-6-3-7-14-29/h2,4-5,11-12,15-16,21,26,29-31,33H,3,6-10,13-14,17-20,22-24H2,1H3,(H,38,39). The number of likely N-dealkylation sites (tertiary alicyclic amines) is 2. The zero-order chi connectivity index (χ0) is 27.2. The van der Waals surface area contributed by atoms with Gasteiger partial charge in [0.25, 0.3) is 0 Å². The number of aliphatic carboxylic acids is 1. The predicted octanol–water partition coefficient (Wildman–Crippen LogP) is 6.92. The number of carbonyl (C=O) groups is 1. The third-order valence-corrected chi connectivity index (χ3v) is 9.95. The minimum Gasteiger partial charge on any atom is -0.480 e. The van der Waals surface area contributed by atoms with E-state index in [9.17, 15) is 14.3 Å². The van der Waals surface area contributed by atoms with E-state index in [1.54, 1.807) is 6.07 Å². The van der Waals surface area contributed by atoms with Gasteiger partial charge in [-0.15, -0.1) is 0 Å². The van der Waals surface area contributed by atoms with Crippen LogP contribution in [-0.4, -0.2) is 59.6 Å². The van der Waals surface area contributed by atoms with Crippen molar-refractivity contribution in [3.63, 3.8) is 0 Å². The quantitative estimate of drug-likeness (QED) is 0.359. The molecule has 3 aliphatic rings. The molecule has 1 aliphatic carbocycles. The Hall–Kier alpha value is -2.24. The first kappa shape index (κ1) is 28.3. The van der Waals surface area contributed by atoms with E-state index in [2.05, 4.69) is 46.2 Å². The molecule has 2 saturated heterocycles. The number of nitrogens with zero attached hydrogens (tertiary/aromatic N) is 2. The number of halogens is 1. The Balaban J connectivity index is 1.16. The first-order valence-corrected chi connectivity index (χ1v) is 15.5. The first-order valence-electron chi connectivity index (χ1n) is 15.5. The molecule has 5 rings (SSSR count). The van der Waals surface area contributed by atoms with Crippen LogP contribution in [0.2, 0.25) is 0 Å². The number of hydrogen-bond acceptors (Lipinski definition) is 3. The van der Waals surface area contributed by atoms with Gasteiger partial charge in [0.15, 0.2) is 0 Å². The highest BCUT2D eigenvalue weighted by Crippen LogP contribution is 2.38. The second kappa shape index (κ2) is 13.4. The zero-order valence-corrected chi connectivity index (χ0v) is 23.7. The molecule has 5 heteroatoms. The topological polar surface area (TPSA) is 43.8 Å². The van der Waals surface area contributed by atoms with Crippen molar-refractivity contribution < 1.29 is 14.3 Å². The van der Waals surface area contributed by atoms with Crippen LogP contribution in [0.1, 0.15) is 80.4 Å². The van der Waals surface area contributed by atoms with E-state index < -0.39 is 5.97 Å². The van der Waals surface area contributed by atoms with Crippen LogP contribution in [0, 0.1) is 30.5 Å². The smallest absolute Gasteiger partial charge is 0.321 e. The summed E-state index contributed by atoms with van der Waals surface area (Å²) >= 11 is 0. The van der Waals surface area contributed by atoms with Gasteiger partial charge < -0.3 is 10.0 Å². The van der Waals surface area contributed by atoms with Crippen molar-refractivity contribution in [2.75, 3.05) is 32.7 Å². The molecule has 4 nitrogen and oxygen atoms in total. The Morgan fingerprint density at radius 1 is 1.00 bits per heavy atom. The molecule has 3 fully saturated rings. The fourth-order valence-corrected chi connectivity index (χ4v) is 7.68. The van der Waals surface area contributed by atoms with Gasteiger partial charge in [0.2, 0.25) is 0 Å². The third-order valence-electron chi connectivity index (χ3n) is 9.95. The summed E-state index contributed by atoms with van der Waals surface area (Å²) in [6.07, 6.45) is 11.5. The SMILES string of the molecule is Cc1ccc(CCCC2CCN(CC3CN(C(C(=O)O)C4CCCCC4)CC3c3ccccc3)CC2)cc1F. The third kappa shape index (κ3) is 7.29. The van der Waals surface area contributed by atoms with Gasteiger partial charge in [-0.1, -0.05) is 68.1 Å². The molecule has 1 saturated carbocycles. The lowest BCUT2D eigenvalue weighted by Gasteiger charge is -2.35. The lowest BCUT2D eigenvalue weighted by atomic mass is 9.83. The molecule has 2 heterocycles. The van der Waals surface area contributed by atoms with Crippen molar-refractivity contribution in [3.8, 4) is 0 Å². The van der Waals surface area contributed by atoms with Crippen LogP contribution >= 0.6 is 0 Å².